The van der Waals surface area contributed by atoms with Crippen LogP contribution in [0.25, 0.3) is 0 Å². The highest BCUT2D eigenvalue weighted by Gasteiger charge is 1.95. The molecule has 0 saturated heterocycles. The summed E-state index contributed by atoms with van der Waals surface area (Å²) in [6, 6.07) is 6.67. The molecule has 0 aromatic heterocycles. The van der Waals surface area contributed by atoms with E-state index in [0.29, 0.717) is 0 Å². The molecular formula is C13H22. The average Bonchev–Trinajstić information content (AvgIpc) is 2.15. The molecule has 1 aromatic carbocycles. The molecule has 1 aromatic rings. The molecule has 0 heteroatoms. The number of aryl methyl sites for hydroxylation is 3. The lowest BCUT2D eigenvalue weighted by Gasteiger charge is -2.04. The molecule has 0 spiro atoms. The second kappa shape index (κ2) is 6.71. The molecule has 0 saturated carbocycles. The minimum Gasteiger partial charge on any atom is -0.0683 e. The van der Waals surface area contributed by atoms with E-state index in [2.05, 4.69) is 39.0 Å². The Kier molecular flexibility index (Phi) is 6.30. The molecule has 0 N–H and O–H groups in total. The van der Waals surface area contributed by atoms with Crippen LogP contribution in [-0.2, 0) is 6.42 Å². The summed E-state index contributed by atoms with van der Waals surface area (Å²) >= 11 is 0. The third kappa shape index (κ3) is 4.12. The van der Waals surface area contributed by atoms with Gasteiger partial charge in [-0.2, -0.15) is 0 Å². The second-order valence-electron chi connectivity index (χ2n) is 3.18. The first-order chi connectivity index (χ1) is 6.24. The van der Waals surface area contributed by atoms with Gasteiger partial charge in [-0.25, -0.2) is 0 Å². The van der Waals surface area contributed by atoms with Crippen molar-refractivity contribution in [2.45, 2.75) is 47.5 Å². The maximum absolute atomic E-state index is 2.29. The zero-order valence-electron chi connectivity index (χ0n) is 9.65. The quantitative estimate of drug-likeness (QED) is 0.634. The van der Waals surface area contributed by atoms with Gasteiger partial charge in [-0.3, -0.25) is 0 Å². The number of rotatable bonds is 2. The lowest BCUT2D eigenvalue weighted by molar-refractivity contribution is 0.911. The first-order valence-electron chi connectivity index (χ1n) is 5.30. The van der Waals surface area contributed by atoms with Crippen molar-refractivity contribution in [2.24, 2.45) is 0 Å². The molecule has 1 rings (SSSR count). The number of benzene rings is 1. The molecular weight excluding hydrogens is 156 g/mol. The number of hydrogen-bond acceptors (Lipinski definition) is 0. The van der Waals surface area contributed by atoms with Crippen molar-refractivity contribution >= 4 is 0 Å². The first-order valence-corrected chi connectivity index (χ1v) is 5.30. The van der Waals surface area contributed by atoms with Gasteiger partial charge < -0.3 is 0 Å². The standard InChI is InChI=1S/C11H16.C2H6/c1-4-5-11-8-9(2)6-7-10(11)3;1-2/h6-8H,4-5H2,1-3H3;1-2H3. The molecule has 0 aliphatic rings. The van der Waals surface area contributed by atoms with Crippen LogP contribution in [0.3, 0.4) is 0 Å². The van der Waals surface area contributed by atoms with Crippen molar-refractivity contribution in [3.63, 3.8) is 0 Å². The van der Waals surface area contributed by atoms with Gasteiger partial charge in [-0.15, -0.1) is 0 Å². The predicted octanol–water partition coefficient (Wildman–Crippen LogP) is 4.28. The van der Waals surface area contributed by atoms with E-state index < -0.39 is 0 Å². The van der Waals surface area contributed by atoms with Crippen molar-refractivity contribution in [1.82, 2.24) is 0 Å². The fourth-order valence-electron chi connectivity index (χ4n) is 1.34. The van der Waals surface area contributed by atoms with Gasteiger partial charge in [0.1, 0.15) is 0 Å². The van der Waals surface area contributed by atoms with Gasteiger partial charge in [-0.05, 0) is 31.4 Å². The molecule has 74 valence electrons. The highest BCUT2D eigenvalue weighted by atomic mass is 14.0. The Hall–Kier alpha value is -0.780. The number of hydrogen-bond donors (Lipinski definition) is 0. The summed E-state index contributed by atoms with van der Waals surface area (Å²) in [7, 11) is 0. The third-order valence-corrected chi connectivity index (χ3v) is 2.02. The summed E-state index contributed by atoms with van der Waals surface area (Å²) in [5, 5.41) is 0. The van der Waals surface area contributed by atoms with Crippen molar-refractivity contribution in [3.8, 4) is 0 Å². The molecule has 0 amide bonds. The van der Waals surface area contributed by atoms with E-state index in [1.165, 1.54) is 29.5 Å². The van der Waals surface area contributed by atoms with Crippen molar-refractivity contribution in [2.75, 3.05) is 0 Å². The smallest absolute Gasteiger partial charge is 0.0279 e. The summed E-state index contributed by atoms with van der Waals surface area (Å²) in [6.07, 6.45) is 2.46. The third-order valence-electron chi connectivity index (χ3n) is 2.02. The Morgan fingerprint density at radius 2 is 1.69 bits per heavy atom. The maximum atomic E-state index is 2.29. The van der Waals surface area contributed by atoms with E-state index in [1.54, 1.807) is 0 Å². The summed E-state index contributed by atoms with van der Waals surface area (Å²) in [5.41, 5.74) is 4.31. The summed E-state index contributed by atoms with van der Waals surface area (Å²) in [4.78, 5) is 0. The van der Waals surface area contributed by atoms with Gasteiger partial charge in [0.25, 0.3) is 0 Å². The minimum atomic E-state index is 1.22. The van der Waals surface area contributed by atoms with Gasteiger partial charge in [0.15, 0.2) is 0 Å². The largest absolute Gasteiger partial charge is 0.0683 e. The molecule has 0 fully saturated rings. The Balaban J connectivity index is 0.000000671. The molecule has 13 heavy (non-hydrogen) atoms. The molecule has 0 atom stereocenters. The van der Waals surface area contributed by atoms with Crippen LogP contribution >= 0.6 is 0 Å². The Labute approximate surface area is 83.0 Å². The molecule has 0 aliphatic heterocycles. The van der Waals surface area contributed by atoms with E-state index in [-0.39, 0.29) is 0 Å². The lowest BCUT2D eigenvalue weighted by atomic mass is 10.0. The van der Waals surface area contributed by atoms with Crippen molar-refractivity contribution < 1.29 is 0 Å². The average molecular weight is 178 g/mol. The van der Waals surface area contributed by atoms with Crippen LogP contribution in [0, 0.1) is 13.8 Å². The van der Waals surface area contributed by atoms with Crippen LogP contribution in [0.15, 0.2) is 18.2 Å². The molecule has 0 aliphatic carbocycles. The Morgan fingerprint density at radius 1 is 1.08 bits per heavy atom. The summed E-state index contributed by atoms with van der Waals surface area (Å²) < 4.78 is 0. The lowest BCUT2D eigenvalue weighted by Crippen LogP contribution is -1.88. The Bertz CT molecular complexity index is 236. The van der Waals surface area contributed by atoms with E-state index in [0.717, 1.165) is 0 Å². The fourth-order valence-corrected chi connectivity index (χ4v) is 1.34. The van der Waals surface area contributed by atoms with E-state index in [9.17, 15) is 0 Å². The normalized spacial score (nSPS) is 9.00. The monoisotopic (exact) mass is 178 g/mol. The van der Waals surface area contributed by atoms with E-state index in [4.69, 9.17) is 0 Å². The van der Waals surface area contributed by atoms with Crippen LogP contribution in [0.4, 0.5) is 0 Å². The maximum Gasteiger partial charge on any atom is -0.0279 e. The zero-order chi connectivity index (χ0) is 10.3. The van der Waals surface area contributed by atoms with Gasteiger partial charge in [0.05, 0.1) is 0 Å². The van der Waals surface area contributed by atoms with E-state index >= 15 is 0 Å². The van der Waals surface area contributed by atoms with E-state index in [1.807, 2.05) is 13.8 Å². The second-order valence-corrected chi connectivity index (χ2v) is 3.18. The highest BCUT2D eigenvalue weighted by Crippen LogP contribution is 2.11. The van der Waals surface area contributed by atoms with Crippen LogP contribution < -0.4 is 0 Å². The minimum absolute atomic E-state index is 1.22. The van der Waals surface area contributed by atoms with Crippen LogP contribution in [0.5, 0.6) is 0 Å². The first kappa shape index (κ1) is 12.2. The summed E-state index contributed by atoms with van der Waals surface area (Å²) in [6.45, 7) is 10.6. The fraction of sp³-hybridized carbons (Fsp3) is 0.538. The predicted molar refractivity (Wildman–Crippen MR) is 61.3 cm³/mol. The van der Waals surface area contributed by atoms with Gasteiger partial charge in [0.2, 0.25) is 0 Å². The molecule has 0 heterocycles. The molecule has 0 radical (unpaired) electrons. The van der Waals surface area contributed by atoms with Crippen LogP contribution in [-0.4, -0.2) is 0 Å². The topological polar surface area (TPSA) is 0 Å². The zero-order valence-corrected chi connectivity index (χ0v) is 9.65. The van der Waals surface area contributed by atoms with Crippen molar-refractivity contribution in [1.29, 1.82) is 0 Å². The van der Waals surface area contributed by atoms with Gasteiger partial charge in [-0.1, -0.05) is 51.0 Å². The van der Waals surface area contributed by atoms with Crippen LogP contribution in [0.1, 0.15) is 43.9 Å². The summed E-state index contributed by atoms with van der Waals surface area (Å²) in [5.74, 6) is 0. The highest BCUT2D eigenvalue weighted by molar-refractivity contribution is 5.30. The SMILES string of the molecule is CC.CCCc1cc(C)ccc1C. The van der Waals surface area contributed by atoms with Gasteiger partial charge >= 0.3 is 0 Å². The van der Waals surface area contributed by atoms with Crippen LogP contribution in [0.2, 0.25) is 0 Å². The van der Waals surface area contributed by atoms with Crippen molar-refractivity contribution in [3.05, 3.63) is 34.9 Å². The molecule has 0 bridgehead atoms. The molecule has 0 nitrogen and oxygen atoms in total. The van der Waals surface area contributed by atoms with Gasteiger partial charge in [0, 0.05) is 0 Å². The molecule has 0 unspecified atom stereocenters. The Morgan fingerprint density at radius 3 is 2.23 bits per heavy atom.